The summed E-state index contributed by atoms with van der Waals surface area (Å²) in [7, 11) is -3.63. The lowest BCUT2D eigenvalue weighted by atomic mass is 10.3. The molecule has 0 aliphatic carbocycles. The Balaban J connectivity index is 2.80. The first-order chi connectivity index (χ1) is 8.49. The lowest BCUT2D eigenvalue weighted by molar-refractivity contribution is 0.254. The zero-order chi connectivity index (χ0) is 13.6. The second kappa shape index (κ2) is 7.35. The number of aliphatic hydroxyl groups is 1. The highest BCUT2D eigenvalue weighted by Crippen LogP contribution is 2.16. The van der Waals surface area contributed by atoms with Crippen molar-refractivity contribution >= 4 is 33.4 Å². The molecule has 0 bridgehead atoms. The van der Waals surface area contributed by atoms with Crippen LogP contribution in [-0.2, 0) is 10.0 Å². The molecule has 0 aliphatic rings. The summed E-state index contributed by atoms with van der Waals surface area (Å²) in [5, 5.41) is 9.52. The smallest absolute Gasteiger partial charge is 0.240 e. The monoisotopic (exact) mass is 309 g/mol. The van der Waals surface area contributed by atoms with Crippen molar-refractivity contribution in [3.63, 3.8) is 0 Å². The Labute approximate surface area is 117 Å². The molecule has 0 aromatic heterocycles. The molecule has 0 amide bonds. The predicted molar refractivity (Wildman–Crippen MR) is 75.6 cm³/mol. The number of aliphatic hydroxyl groups excluding tert-OH is 1. The fourth-order valence-corrected chi connectivity index (χ4v) is 3.45. The highest BCUT2D eigenvalue weighted by atomic mass is 35.5. The van der Waals surface area contributed by atoms with Gasteiger partial charge in [0, 0.05) is 11.1 Å². The molecule has 1 aromatic rings. The summed E-state index contributed by atoms with van der Waals surface area (Å²) in [6.07, 6.45) is 2.51. The first-order valence-corrected chi connectivity index (χ1v) is 8.63. The summed E-state index contributed by atoms with van der Waals surface area (Å²) in [4.78, 5) is 0.109. The van der Waals surface area contributed by atoms with Crippen molar-refractivity contribution in [3.05, 3.63) is 29.3 Å². The van der Waals surface area contributed by atoms with Gasteiger partial charge in [0.2, 0.25) is 10.0 Å². The van der Waals surface area contributed by atoms with Gasteiger partial charge in [0.15, 0.2) is 0 Å². The van der Waals surface area contributed by atoms with Gasteiger partial charge in [-0.15, -0.1) is 0 Å². The number of sulfonamides is 1. The summed E-state index contributed by atoms with van der Waals surface area (Å²) in [5.74, 6) is 0.781. The van der Waals surface area contributed by atoms with Crippen LogP contribution in [0.25, 0.3) is 0 Å². The second-order valence-electron chi connectivity index (χ2n) is 3.74. The van der Waals surface area contributed by atoms with E-state index in [1.165, 1.54) is 12.1 Å². The van der Waals surface area contributed by atoms with Gasteiger partial charge < -0.3 is 5.11 Å². The molecule has 1 rings (SSSR count). The molecule has 0 fully saturated rings. The van der Waals surface area contributed by atoms with E-state index in [0.717, 1.165) is 5.75 Å². The lowest BCUT2D eigenvalue weighted by Gasteiger charge is -2.16. The summed E-state index contributed by atoms with van der Waals surface area (Å²) >= 11 is 7.36. The summed E-state index contributed by atoms with van der Waals surface area (Å²) in [5.41, 5.74) is 0. The molecular weight excluding hydrogens is 294 g/mol. The van der Waals surface area contributed by atoms with Gasteiger partial charge >= 0.3 is 0 Å². The molecule has 2 N–H and O–H groups in total. The zero-order valence-corrected chi connectivity index (χ0v) is 12.4. The van der Waals surface area contributed by atoms with Crippen LogP contribution in [0.15, 0.2) is 29.2 Å². The van der Waals surface area contributed by atoms with Crippen LogP contribution in [0.3, 0.4) is 0 Å². The third-order valence-electron chi connectivity index (χ3n) is 2.32. The number of rotatable bonds is 7. The summed E-state index contributed by atoms with van der Waals surface area (Å²) in [6, 6.07) is 5.57. The Morgan fingerprint density at radius 2 is 2.22 bits per heavy atom. The molecule has 0 saturated heterocycles. The average Bonchev–Trinajstić information content (AvgIpc) is 2.34. The summed E-state index contributed by atoms with van der Waals surface area (Å²) < 4.78 is 26.5. The van der Waals surface area contributed by atoms with Gasteiger partial charge in [0.25, 0.3) is 0 Å². The molecule has 102 valence electrons. The maximum atomic E-state index is 12.0. The van der Waals surface area contributed by atoms with E-state index in [9.17, 15) is 8.42 Å². The molecule has 0 unspecified atom stereocenters. The Kier molecular flexibility index (Phi) is 6.45. The average molecular weight is 310 g/mol. The van der Waals surface area contributed by atoms with E-state index in [4.69, 9.17) is 16.7 Å². The molecular formula is C11H16ClNO3S2. The molecule has 7 heteroatoms. The quantitative estimate of drug-likeness (QED) is 0.805. The van der Waals surface area contributed by atoms with Crippen molar-refractivity contribution in [1.29, 1.82) is 0 Å². The van der Waals surface area contributed by atoms with Crippen LogP contribution < -0.4 is 4.72 Å². The number of hydrogen-bond acceptors (Lipinski definition) is 4. The number of nitrogens with one attached hydrogen (secondary N) is 1. The van der Waals surface area contributed by atoms with Crippen molar-refractivity contribution in [3.8, 4) is 0 Å². The van der Waals surface area contributed by atoms with Crippen molar-refractivity contribution < 1.29 is 13.5 Å². The van der Waals surface area contributed by atoms with Crippen LogP contribution >= 0.6 is 23.4 Å². The van der Waals surface area contributed by atoms with E-state index in [-0.39, 0.29) is 11.5 Å². The van der Waals surface area contributed by atoms with Crippen molar-refractivity contribution in [2.45, 2.75) is 17.4 Å². The Hall–Kier alpha value is -0.270. The number of hydrogen-bond donors (Lipinski definition) is 2. The Morgan fingerprint density at radius 1 is 1.50 bits per heavy atom. The van der Waals surface area contributed by atoms with E-state index in [1.54, 1.807) is 23.9 Å². The molecule has 0 spiro atoms. The van der Waals surface area contributed by atoms with Gasteiger partial charge in [0.1, 0.15) is 0 Å². The van der Waals surface area contributed by atoms with Crippen LogP contribution in [0.4, 0.5) is 0 Å². The predicted octanol–water partition coefficient (Wildman–Crippen LogP) is 1.73. The van der Waals surface area contributed by atoms with Crippen molar-refractivity contribution in [2.75, 3.05) is 18.6 Å². The van der Waals surface area contributed by atoms with Gasteiger partial charge in [-0.05, 0) is 36.6 Å². The summed E-state index contributed by atoms with van der Waals surface area (Å²) in [6.45, 7) is -0.222. The number of halogens is 1. The van der Waals surface area contributed by atoms with Crippen LogP contribution in [0.1, 0.15) is 6.42 Å². The second-order valence-corrected chi connectivity index (χ2v) is 6.88. The molecule has 1 atom stereocenters. The van der Waals surface area contributed by atoms with Gasteiger partial charge in [-0.3, -0.25) is 0 Å². The number of benzene rings is 1. The zero-order valence-electron chi connectivity index (χ0n) is 9.97. The largest absolute Gasteiger partial charge is 0.395 e. The van der Waals surface area contributed by atoms with E-state index >= 15 is 0 Å². The molecule has 0 aliphatic heterocycles. The minimum atomic E-state index is -3.63. The molecule has 1 aromatic carbocycles. The van der Waals surface area contributed by atoms with E-state index in [0.29, 0.717) is 11.4 Å². The minimum Gasteiger partial charge on any atom is -0.395 e. The number of thioether (sulfide) groups is 1. The van der Waals surface area contributed by atoms with Crippen LogP contribution in [0, 0.1) is 0 Å². The Morgan fingerprint density at radius 3 is 2.78 bits per heavy atom. The van der Waals surface area contributed by atoms with Crippen LogP contribution in [0.5, 0.6) is 0 Å². The standard InChI is InChI=1S/C11H16ClNO3S2/c1-17-6-5-10(8-14)13-18(15,16)11-4-2-3-9(12)7-11/h2-4,7,10,13-14H,5-6,8H2,1H3/t10-/m1/s1. The lowest BCUT2D eigenvalue weighted by Crippen LogP contribution is -2.37. The van der Waals surface area contributed by atoms with Gasteiger partial charge in [-0.25, -0.2) is 13.1 Å². The highest BCUT2D eigenvalue weighted by Gasteiger charge is 2.19. The first kappa shape index (κ1) is 15.8. The van der Waals surface area contributed by atoms with E-state index < -0.39 is 16.1 Å². The van der Waals surface area contributed by atoms with E-state index in [2.05, 4.69) is 4.72 Å². The SMILES string of the molecule is CSCC[C@H](CO)NS(=O)(=O)c1cccc(Cl)c1. The molecule has 0 saturated carbocycles. The minimum absolute atomic E-state index is 0.109. The first-order valence-electron chi connectivity index (χ1n) is 5.37. The third-order valence-corrected chi connectivity index (χ3v) is 4.72. The fourth-order valence-electron chi connectivity index (χ4n) is 1.37. The topological polar surface area (TPSA) is 66.4 Å². The van der Waals surface area contributed by atoms with Gasteiger partial charge in [-0.1, -0.05) is 17.7 Å². The molecule has 18 heavy (non-hydrogen) atoms. The maximum Gasteiger partial charge on any atom is 0.240 e. The molecule has 0 radical (unpaired) electrons. The van der Waals surface area contributed by atoms with Crippen LogP contribution in [-0.4, -0.2) is 38.2 Å². The van der Waals surface area contributed by atoms with Crippen molar-refractivity contribution in [1.82, 2.24) is 4.72 Å². The maximum absolute atomic E-state index is 12.0. The van der Waals surface area contributed by atoms with Gasteiger partial charge in [-0.2, -0.15) is 11.8 Å². The normalized spacial score (nSPS) is 13.5. The molecule has 4 nitrogen and oxygen atoms in total. The Bertz CT molecular complexity index is 479. The molecule has 0 heterocycles. The third kappa shape index (κ3) is 4.78. The van der Waals surface area contributed by atoms with Crippen molar-refractivity contribution in [2.24, 2.45) is 0 Å². The van der Waals surface area contributed by atoms with Gasteiger partial charge in [0.05, 0.1) is 11.5 Å². The highest BCUT2D eigenvalue weighted by molar-refractivity contribution is 7.98. The van der Waals surface area contributed by atoms with E-state index in [1.807, 2.05) is 6.26 Å². The van der Waals surface area contributed by atoms with Crippen LogP contribution in [0.2, 0.25) is 5.02 Å². The fraction of sp³-hybridized carbons (Fsp3) is 0.455.